The molecular formula is C9H13N3O2. The van der Waals surface area contributed by atoms with Gasteiger partial charge in [-0.05, 0) is 6.42 Å². The number of hydrogen-bond acceptors (Lipinski definition) is 3. The monoisotopic (exact) mass is 195 g/mol. The molecule has 0 unspecified atom stereocenters. The van der Waals surface area contributed by atoms with Crippen LogP contribution in [0, 0.1) is 0 Å². The molecule has 0 spiro atoms. The number of ether oxygens (including phenoxy) is 1. The van der Waals surface area contributed by atoms with Gasteiger partial charge in [-0.15, -0.1) is 0 Å². The van der Waals surface area contributed by atoms with E-state index >= 15 is 0 Å². The van der Waals surface area contributed by atoms with E-state index in [2.05, 4.69) is 10.4 Å². The fraction of sp³-hybridized carbons (Fsp3) is 0.556. The Kier molecular flexibility index (Phi) is 2.49. The maximum absolute atomic E-state index is 10.8. The van der Waals surface area contributed by atoms with Crippen LogP contribution in [0.1, 0.15) is 19.4 Å². The molecule has 14 heavy (non-hydrogen) atoms. The highest BCUT2D eigenvalue weighted by molar-refractivity contribution is 5.88. The van der Waals surface area contributed by atoms with Gasteiger partial charge in [0.1, 0.15) is 0 Å². The Bertz CT molecular complexity index is 329. The van der Waals surface area contributed by atoms with Gasteiger partial charge in [0.15, 0.2) is 0 Å². The van der Waals surface area contributed by atoms with Crippen molar-refractivity contribution in [2.45, 2.75) is 19.4 Å². The highest BCUT2D eigenvalue weighted by atomic mass is 16.5. The first kappa shape index (κ1) is 9.21. The minimum atomic E-state index is -0.0766. The second-order valence-corrected chi connectivity index (χ2v) is 3.41. The third kappa shape index (κ3) is 1.93. The average molecular weight is 195 g/mol. The molecular weight excluding hydrogens is 182 g/mol. The topological polar surface area (TPSA) is 56.2 Å². The molecule has 1 aliphatic rings. The lowest BCUT2D eigenvalue weighted by Crippen LogP contribution is -2.09. The average Bonchev–Trinajstić information content (AvgIpc) is 2.69. The summed E-state index contributed by atoms with van der Waals surface area (Å²) in [4.78, 5) is 10.8. The molecule has 0 aromatic carbocycles. The zero-order valence-corrected chi connectivity index (χ0v) is 8.06. The quantitative estimate of drug-likeness (QED) is 0.759. The Morgan fingerprint density at radius 1 is 1.79 bits per heavy atom. The summed E-state index contributed by atoms with van der Waals surface area (Å²) in [6, 6.07) is 0.317. The molecule has 1 aromatic heterocycles. The lowest BCUT2D eigenvalue weighted by atomic mass is 10.3. The molecule has 0 saturated carbocycles. The summed E-state index contributed by atoms with van der Waals surface area (Å²) < 4.78 is 7.10. The van der Waals surface area contributed by atoms with E-state index in [-0.39, 0.29) is 5.91 Å². The van der Waals surface area contributed by atoms with Crippen molar-refractivity contribution in [2.75, 3.05) is 18.5 Å². The van der Waals surface area contributed by atoms with Crippen molar-refractivity contribution in [1.29, 1.82) is 0 Å². The van der Waals surface area contributed by atoms with E-state index in [4.69, 9.17) is 4.74 Å². The Balaban J connectivity index is 2.05. The molecule has 0 radical (unpaired) electrons. The van der Waals surface area contributed by atoms with Gasteiger partial charge in [-0.1, -0.05) is 0 Å². The summed E-state index contributed by atoms with van der Waals surface area (Å²) in [5, 5.41) is 6.86. The zero-order valence-electron chi connectivity index (χ0n) is 8.06. The van der Waals surface area contributed by atoms with E-state index in [1.807, 2.05) is 10.9 Å². The lowest BCUT2D eigenvalue weighted by Gasteiger charge is -2.06. The van der Waals surface area contributed by atoms with Crippen LogP contribution in [-0.2, 0) is 9.53 Å². The Hall–Kier alpha value is -1.36. The molecule has 2 heterocycles. The number of amides is 1. The van der Waals surface area contributed by atoms with E-state index in [1.165, 1.54) is 6.92 Å². The van der Waals surface area contributed by atoms with Crippen molar-refractivity contribution in [1.82, 2.24) is 9.78 Å². The standard InChI is InChI=1S/C9H13N3O2/c1-7(13)11-8-4-10-12(5-8)9-2-3-14-6-9/h4-5,9H,2-3,6H2,1H3,(H,11,13)/t9-/m1/s1. The molecule has 1 fully saturated rings. The first-order valence-corrected chi connectivity index (χ1v) is 4.65. The summed E-state index contributed by atoms with van der Waals surface area (Å²) in [5.74, 6) is -0.0766. The summed E-state index contributed by atoms with van der Waals surface area (Å²) in [6.45, 7) is 2.98. The molecule has 5 heteroatoms. The number of carbonyl (C=O) groups excluding carboxylic acids is 1. The number of aromatic nitrogens is 2. The van der Waals surface area contributed by atoms with Crippen molar-refractivity contribution >= 4 is 11.6 Å². The van der Waals surface area contributed by atoms with Gasteiger partial charge in [-0.2, -0.15) is 5.10 Å². The molecule has 1 aromatic rings. The summed E-state index contributed by atoms with van der Waals surface area (Å²) in [7, 11) is 0. The van der Waals surface area contributed by atoms with E-state index in [0.29, 0.717) is 12.6 Å². The van der Waals surface area contributed by atoms with Crippen molar-refractivity contribution in [3.8, 4) is 0 Å². The van der Waals surface area contributed by atoms with Crippen LogP contribution in [0.25, 0.3) is 0 Å². The highest BCUT2D eigenvalue weighted by Crippen LogP contribution is 2.19. The maximum Gasteiger partial charge on any atom is 0.221 e. The number of nitrogens with one attached hydrogen (secondary N) is 1. The van der Waals surface area contributed by atoms with Gasteiger partial charge in [0.25, 0.3) is 0 Å². The van der Waals surface area contributed by atoms with Gasteiger partial charge in [0.2, 0.25) is 5.91 Å². The van der Waals surface area contributed by atoms with Crippen LogP contribution in [-0.4, -0.2) is 28.9 Å². The molecule has 5 nitrogen and oxygen atoms in total. The number of nitrogens with zero attached hydrogens (tertiary/aromatic N) is 2. The summed E-state index contributed by atoms with van der Waals surface area (Å²) in [6.07, 6.45) is 4.47. The van der Waals surface area contributed by atoms with Gasteiger partial charge >= 0.3 is 0 Å². The molecule has 1 saturated heterocycles. The van der Waals surface area contributed by atoms with Crippen LogP contribution in [0.2, 0.25) is 0 Å². The molecule has 1 N–H and O–H groups in total. The Morgan fingerprint density at radius 2 is 2.64 bits per heavy atom. The van der Waals surface area contributed by atoms with Crippen LogP contribution in [0.15, 0.2) is 12.4 Å². The second kappa shape index (κ2) is 3.79. The Morgan fingerprint density at radius 3 is 3.29 bits per heavy atom. The van der Waals surface area contributed by atoms with Crippen LogP contribution < -0.4 is 5.32 Å². The Labute approximate surface area is 82.0 Å². The summed E-state index contributed by atoms with van der Waals surface area (Å²) >= 11 is 0. The fourth-order valence-corrected chi connectivity index (χ4v) is 1.54. The number of carbonyl (C=O) groups is 1. The number of anilines is 1. The van der Waals surface area contributed by atoms with Crippen molar-refractivity contribution in [3.63, 3.8) is 0 Å². The first-order valence-electron chi connectivity index (χ1n) is 4.65. The van der Waals surface area contributed by atoms with Gasteiger partial charge < -0.3 is 10.1 Å². The zero-order chi connectivity index (χ0) is 9.97. The first-order chi connectivity index (χ1) is 6.75. The fourth-order valence-electron chi connectivity index (χ4n) is 1.54. The molecule has 1 aliphatic heterocycles. The van der Waals surface area contributed by atoms with E-state index in [9.17, 15) is 4.79 Å². The highest BCUT2D eigenvalue weighted by Gasteiger charge is 2.18. The minimum absolute atomic E-state index is 0.0766. The number of rotatable bonds is 2. The van der Waals surface area contributed by atoms with Crippen molar-refractivity contribution in [2.24, 2.45) is 0 Å². The van der Waals surface area contributed by atoms with Crippen LogP contribution in [0.3, 0.4) is 0 Å². The molecule has 0 aliphatic carbocycles. The van der Waals surface area contributed by atoms with Crippen molar-refractivity contribution in [3.05, 3.63) is 12.4 Å². The second-order valence-electron chi connectivity index (χ2n) is 3.41. The van der Waals surface area contributed by atoms with E-state index in [1.54, 1.807) is 6.20 Å². The number of hydrogen-bond donors (Lipinski definition) is 1. The normalized spacial score (nSPS) is 21.1. The third-order valence-electron chi connectivity index (χ3n) is 2.20. The molecule has 76 valence electrons. The van der Waals surface area contributed by atoms with E-state index < -0.39 is 0 Å². The molecule has 1 atom stereocenters. The van der Waals surface area contributed by atoms with E-state index in [0.717, 1.165) is 18.7 Å². The van der Waals surface area contributed by atoms with Crippen molar-refractivity contribution < 1.29 is 9.53 Å². The van der Waals surface area contributed by atoms with Crippen LogP contribution in [0.4, 0.5) is 5.69 Å². The van der Waals surface area contributed by atoms with Gasteiger partial charge in [-0.25, -0.2) is 0 Å². The minimum Gasteiger partial charge on any atom is -0.379 e. The molecule has 1 amide bonds. The maximum atomic E-state index is 10.8. The predicted octanol–water partition coefficient (Wildman–Crippen LogP) is 0.803. The van der Waals surface area contributed by atoms with Crippen LogP contribution in [0.5, 0.6) is 0 Å². The smallest absolute Gasteiger partial charge is 0.221 e. The van der Waals surface area contributed by atoms with Gasteiger partial charge in [-0.3, -0.25) is 9.48 Å². The van der Waals surface area contributed by atoms with Gasteiger partial charge in [0, 0.05) is 19.7 Å². The SMILES string of the molecule is CC(=O)Nc1cnn([C@@H]2CCOC2)c1. The van der Waals surface area contributed by atoms with Gasteiger partial charge in [0.05, 0.1) is 24.5 Å². The molecule has 0 bridgehead atoms. The van der Waals surface area contributed by atoms with Crippen LogP contribution >= 0.6 is 0 Å². The largest absolute Gasteiger partial charge is 0.379 e. The third-order valence-corrected chi connectivity index (χ3v) is 2.20. The molecule has 2 rings (SSSR count). The summed E-state index contributed by atoms with van der Waals surface area (Å²) in [5.41, 5.74) is 0.740. The predicted molar refractivity (Wildman–Crippen MR) is 51.0 cm³/mol. The lowest BCUT2D eigenvalue weighted by molar-refractivity contribution is -0.114.